The average molecular weight is 205 g/mol. The number of carboxylic acids is 1. The summed E-state index contributed by atoms with van der Waals surface area (Å²) in [6, 6.07) is 3.06. The molecule has 78 valence electrons. The minimum atomic E-state index is -1.05. The summed E-state index contributed by atoms with van der Waals surface area (Å²) in [5, 5.41) is 8.65. The smallest absolute Gasteiger partial charge is 0.354 e. The number of nitrogens with two attached hydrogens (primary N) is 1. The topological polar surface area (TPSA) is 88.6 Å². The number of nitrogens with zero attached hydrogens (tertiary/aromatic N) is 2. The van der Waals surface area contributed by atoms with Gasteiger partial charge in [-0.05, 0) is 6.07 Å². The molecule has 1 rings (SSSR count). The van der Waals surface area contributed by atoms with E-state index in [-0.39, 0.29) is 5.69 Å². The van der Waals surface area contributed by atoms with Crippen LogP contribution in [0, 0.1) is 0 Å². The summed E-state index contributed by atoms with van der Waals surface area (Å²) in [5.74, 6) is -1.05. The van der Waals surface area contributed by atoms with Crippen molar-refractivity contribution in [3.8, 4) is 0 Å². The van der Waals surface area contributed by atoms with E-state index in [0.717, 1.165) is 5.56 Å². The molecule has 5 nitrogen and oxygen atoms in total. The highest BCUT2D eigenvalue weighted by atomic mass is 16.4. The lowest BCUT2D eigenvalue weighted by molar-refractivity contribution is 0.0690. The normalized spacial score (nSPS) is 11.9. The van der Waals surface area contributed by atoms with E-state index in [1.807, 2.05) is 0 Å². The first-order chi connectivity index (χ1) is 7.19. The van der Waals surface area contributed by atoms with Gasteiger partial charge in [-0.15, -0.1) is 0 Å². The van der Waals surface area contributed by atoms with Crippen molar-refractivity contribution < 1.29 is 9.90 Å². The highest BCUT2D eigenvalue weighted by Crippen LogP contribution is 2.10. The molecule has 0 amide bonds. The van der Waals surface area contributed by atoms with Crippen molar-refractivity contribution in [3.63, 3.8) is 0 Å². The minimum absolute atomic E-state index is 0.00330. The lowest BCUT2D eigenvalue weighted by Gasteiger charge is -2.00. The first-order valence-corrected chi connectivity index (χ1v) is 4.22. The fourth-order valence-electron chi connectivity index (χ4n) is 1.04. The maximum Gasteiger partial charge on any atom is 0.354 e. The molecular formula is C10H11N3O2. The Kier molecular flexibility index (Phi) is 3.56. The molecule has 1 heterocycles. The van der Waals surface area contributed by atoms with Gasteiger partial charge in [0.2, 0.25) is 0 Å². The van der Waals surface area contributed by atoms with Crippen LogP contribution < -0.4 is 5.73 Å². The van der Waals surface area contributed by atoms with Crippen LogP contribution in [0.4, 0.5) is 0 Å². The van der Waals surface area contributed by atoms with Gasteiger partial charge in [0.15, 0.2) is 0 Å². The minimum Gasteiger partial charge on any atom is -0.477 e. The molecule has 0 aliphatic carbocycles. The molecule has 0 atom stereocenters. The molecule has 0 radical (unpaired) electrons. The number of aromatic nitrogens is 1. The molecule has 0 aromatic carbocycles. The number of allylic oxidation sites excluding steroid dienone is 1. The Hall–Kier alpha value is -2.17. The molecule has 15 heavy (non-hydrogen) atoms. The van der Waals surface area contributed by atoms with Gasteiger partial charge < -0.3 is 10.8 Å². The zero-order valence-electron chi connectivity index (χ0n) is 8.21. The Morgan fingerprint density at radius 3 is 2.73 bits per heavy atom. The van der Waals surface area contributed by atoms with E-state index in [2.05, 4.69) is 9.98 Å². The maximum atomic E-state index is 10.5. The third-order valence-electron chi connectivity index (χ3n) is 1.76. The van der Waals surface area contributed by atoms with Crippen LogP contribution in [0.15, 0.2) is 29.5 Å². The van der Waals surface area contributed by atoms with Crippen LogP contribution in [-0.2, 0) is 0 Å². The van der Waals surface area contributed by atoms with Gasteiger partial charge in [-0.3, -0.25) is 4.99 Å². The Bertz CT molecular complexity index is 407. The Morgan fingerprint density at radius 1 is 1.60 bits per heavy atom. The fourth-order valence-corrected chi connectivity index (χ4v) is 1.04. The molecule has 0 unspecified atom stereocenters. The van der Waals surface area contributed by atoms with Crippen LogP contribution in [-0.4, -0.2) is 29.3 Å². The lowest BCUT2D eigenvalue weighted by atomic mass is 10.1. The SMILES string of the molecule is CN=C/C(=C\N)c1ccc(C(=O)O)nc1. The number of pyridine rings is 1. The van der Waals surface area contributed by atoms with Crippen molar-refractivity contribution in [3.05, 3.63) is 35.8 Å². The van der Waals surface area contributed by atoms with Crippen LogP contribution in [0.3, 0.4) is 0 Å². The second-order valence-corrected chi connectivity index (χ2v) is 2.75. The van der Waals surface area contributed by atoms with Gasteiger partial charge in [0.1, 0.15) is 5.69 Å². The summed E-state index contributed by atoms with van der Waals surface area (Å²) in [6.07, 6.45) is 4.42. The van der Waals surface area contributed by atoms with Crippen molar-refractivity contribution in [2.24, 2.45) is 10.7 Å². The zero-order chi connectivity index (χ0) is 11.3. The summed E-state index contributed by atoms with van der Waals surface area (Å²) >= 11 is 0. The van der Waals surface area contributed by atoms with Crippen molar-refractivity contribution in [1.29, 1.82) is 0 Å². The van der Waals surface area contributed by atoms with Crippen molar-refractivity contribution in [2.45, 2.75) is 0 Å². The van der Waals surface area contributed by atoms with Gasteiger partial charge in [0.25, 0.3) is 0 Å². The summed E-state index contributed by atoms with van der Waals surface area (Å²) < 4.78 is 0. The molecule has 0 aliphatic rings. The van der Waals surface area contributed by atoms with Gasteiger partial charge in [0.05, 0.1) is 0 Å². The third-order valence-corrected chi connectivity index (χ3v) is 1.76. The number of aliphatic imine (C=N–C) groups is 1. The largest absolute Gasteiger partial charge is 0.477 e. The van der Waals surface area contributed by atoms with Gasteiger partial charge >= 0.3 is 5.97 Å². The quantitative estimate of drug-likeness (QED) is 0.713. The number of carbonyl (C=O) groups is 1. The standard InChI is InChI=1S/C10H11N3O2/c1-12-5-8(4-11)7-2-3-9(10(14)15)13-6-7/h2-6H,11H2,1H3,(H,14,15)/b8-4+,12-5?. The lowest BCUT2D eigenvalue weighted by Crippen LogP contribution is -2.00. The van der Waals surface area contributed by atoms with E-state index < -0.39 is 5.97 Å². The van der Waals surface area contributed by atoms with Crippen molar-refractivity contribution in [1.82, 2.24) is 4.98 Å². The van der Waals surface area contributed by atoms with Crippen LogP contribution in [0.2, 0.25) is 0 Å². The molecule has 1 aromatic heterocycles. The predicted molar refractivity (Wildman–Crippen MR) is 57.8 cm³/mol. The van der Waals surface area contributed by atoms with Gasteiger partial charge in [-0.2, -0.15) is 0 Å². The molecule has 0 aliphatic heterocycles. The average Bonchev–Trinajstić information content (AvgIpc) is 2.26. The number of rotatable bonds is 3. The number of hydrogen-bond donors (Lipinski definition) is 2. The Labute approximate surface area is 87.0 Å². The molecule has 0 fully saturated rings. The molecule has 0 spiro atoms. The maximum absolute atomic E-state index is 10.5. The highest BCUT2D eigenvalue weighted by molar-refractivity contribution is 6.09. The van der Waals surface area contributed by atoms with E-state index in [0.29, 0.717) is 5.57 Å². The molecule has 5 heteroatoms. The summed E-state index contributed by atoms with van der Waals surface area (Å²) in [6.45, 7) is 0. The van der Waals surface area contributed by atoms with E-state index in [1.54, 1.807) is 19.3 Å². The Balaban J connectivity index is 3.02. The summed E-state index contributed by atoms with van der Waals surface area (Å²) in [7, 11) is 1.63. The van der Waals surface area contributed by atoms with Crippen molar-refractivity contribution in [2.75, 3.05) is 7.05 Å². The Morgan fingerprint density at radius 2 is 2.33 bits per heavy atom. The van der Waals surface area contributed by atoms with Gasteiger partial charge in [-0.25, -0.2) is 9.78 Å². The summed E-state index contributed by atoms with van der Waals surface area (Å²) in [5.41, 5.74) is 6.82. The first-order valence-electron chi connectivity index (χ1n) is 4.22. The van der Waals surface area contributed by atoms with Crippen molar-refractivity contribution >= 4 is 17.8 Å². The zero-order valence-corrected chi connectivity index (χ0v) is 8.21. The highest BCUT2D eigenvalue weighted by Gasteiger charge is 2.04. The van der Waals surface area contributed by atoms with E-state index >= 15 is 0 Å². The predicted octanol–water partition coefficient (Wildman–Crippen LogP) is 0.780. The van der Waals surface area contributed by atoms with Crippen LogP contribution in [0.1, 0.15) is 16.1 Å². The monoisotopic (exact) mass is 205 g/mol. The molecule has 0 saturated carbocycles. The molecule has 1 aromatic rings. The second kappa shape index (κ2) is 4.90. The molecule has 0 saturated heterocycles. The van der Waals surface area contributed by atoms with Crippen LogP contribution >= 0.6 is 0 Å². The van der Waals surface area contributed by atoms with Gasteiger partial charge in [-0.1, -0.05) is 6.07 Å². The fraction of sp³-hybridized carbons (Fsp3) is 0.100. The van der Waals surface area contributed by atoms with E-state index in [1.165, 1.54) is 18.5 Å². The van der Waals surface area contributed by atoms with Crippen LogP contribution in [0.5, 0.6) is 0 Å². The van der Waals surface area contributed by atoms with Gasteiger partial charge in [0, 0.05) is 36.8 Å². The third kappa shape index (κ3) is 2.63. The first kappa shape index (κ1) is 10.9. The molecular weight excluding hydrogens is 194 g/mol. The number of aromatic carboxylic acids is 1. The van der Waals surface area contributed by atoms with E-state index in [9.17, 15) is 4.79 Å². The van der Waals surface area contributed by atoms with E-state index in [4.69, 9.17) is 10.8 Å². The molecule has 0 bridgehead atoms. The van der Waals surface area contributed by atoms with Crippen LogP contribution in [0.25, 0.3) is 5.57 Å². The molecule has 3 N–H and O–H groups in total. The second-order valence-electron chi connectivity index (χ2n) is 2.75. The number of hydrogen-bond acceptors (Lipinski definition) is 4. The number of carboxylic acid groups (broad SMARTS) is 1. The summed E-state index contributed by atoms with van der Waals surface area (Å²) in [4.78, 5) is 18.1.